The van der Waals surface area contributed by atoms with Gasteiger partial charge in [-0.25, -0.2) is 0 Å². The van der Waals surface area contributed by atoms with Gasteiger partial charge in [0.25, 0.3) is 0 Å². The maximum Gasteiger partial charge on any atom is 0.163 e. The molecule has 0 fully saturated rings. The van der Waals surface area contributed by atoms with Crippen molar-refractivity contribution in [2.24, 2.45) is 10.2 Å². The topological polar surface area (TPSA) is 80.1 Å². The number of hydrogen-bond donors (Lipinski definition) is 0. The van der Waals surface area contributed by atoms with Gasteiger partial charge in [-0.2, -0.15) is 10.2 Å². The minimum atomic E-state index is 0.382. The first-order valence-electron chi connectivity index (χ1n) is 13.5. The van der Waals surface area contributed by atoms with Crippen LogP contribution < -0.4 is 9.47 Å². The van der Waals surface area contributed by atoms with Gasteiger partial charge in [-0.05, 0) is 49.1 Å². The summed E-state index contributed by atoms with van der Waals surface area (Å²) in [7, 11) is 6.70. The number of azo groups is 1. The standard InChI is InChI=1S/C29H44N3O6/c1-32(2,3)13-5-4-6-25-7-9-26(10-8-25)30-31-27-11-12-28-29(24-27)38-23-21-36-19-17-34-15-14-33-16-18-35-20-22-37-28/h7-12,24H,4-6,13-23H2,1-3H3/q+1. The molecule has 0 unspecified atom stereocenters. The number of fused-ring (bicyclic) bond motifs is 1. The molecule has 0 N–H and O–H groups in total. The Kier molecular flexibility index (Phi) is 13.5. The van der Waals surface area contributed by atoms with E-state index in [0.717, 1.165) is 16.6 Å². The first-order valence-corrected chi connectivity index (χ1v) is 13.5. The van der Waals surface area contributed by atoms with Gasteiger partial charge in [0.05, 0.1) is 91.9 Å². The van der Waals surface area contributed by atoms with Crippen LogP contribution in [0.15, 0.2) is 52.7 Å². The van der Waals surface area contributed by atoms with Crippen LogP contribution in [0.2, 0.25) is 0 Å². The van der Waals surface area contributed by atoms with Gasteiger partial charge < -0.3 is 32.9 Å². The van der Waals surface area contributed by atoms with Crippen LogP contribution in [0.4, 0.5) is 11.4 Å². The van der Waals surface area contributed by atoms with Crippen LogP contribution in [-0.2, 0) is 25.4 Å². The van der Waals surface area contributed by atoms with Gasteiger partial charge in [-0.3, -0.25) is 0 Å². The molecule has 0 saturated carbocycles. The molecule has 1 aliphatic rings. The van der Waals surface area contributed by atoms with E-state index in [4.69, 9.17) is 28.4 Å². The Morgan fingerprint density at radius 3 is 1.66 bits per heavy atom. The number of quaternary nitrogens is 1. The largest absolute Gasteiger partial charge is 0.487 e. The van der Waals surface area contributed by atoms with E-state index in [9.17, 15) is 0 Å². The molecule has 0 aliphatic carbocycles. The predicted molar refractivity (Wildman–Crippen MR) is 147 cm³/mol. The lowest BCUT2D eigenvalue weighted by Gasteiger charge is -2.23. The average Bonchev–Trinajstić information content (AvgIpc) is 2.90. The van der Waals surface area contributed by atoms with Gasteiger partial charge in [0.2, 0.25) is 0 Å². The Labute approximate surface area is 227 Å². The lowest BCUT2D eigenvalue weighted by Crippen LogP contribution is -2.35. The third-order valence-corrected chi connectivity index (χ3v) is 5.78. The fourth-order valence-electron chi connectivity index (χ4n) is 3.73. The molecule has 9 heteroatoms. The van der Waals surface area contributed by atoms with Crippen LogP contribution in [0.3, 0.4) is 0 Å². The van der Waals surface area contributed by atoms with Gasteiger partial charge in [0.1, 0.15) is 13.2 Å². The first-order chi connectivity index (χ1) is 18.5. The first kappa shape index (κ1) is 30.0. The number of ether oxygens (including phenoxy) is 6. The summed E-state index contributed by atoms with van der Waals surface area (Å²) in [5.41, 5.74) is 2.82. The second kappa shape index (κ2) is 17.1. The molecule has 1 aliphatic heterocycles. The molecular formula is C29H44N3O6+. The number of unbranched alkanes of at least 4 members (excludes halogenated alkanes) is 1. The normalized spacial score (nSPS) is 17.1. The fraction of sp³-hybridized carbons (Fsp3) is 0.586. The van der Waals surface area contributed by atoms with Crippen molar-refractivity contribution in [2.45, 2.75) is 19.3 Å². The number of hydrogen-bond acceptors (Lipinski definition) is 8. The molecule has 1 heterocycles. The Morgan fingerprint density at radius 2 is 1.08 bits per heavy atom. The monoisotopic (exact) mass is 530 g/mol. The lowest BCUT2D eigenvalue weighted by atomic mass is 10.1. The van der Waals surface area contributed by atoms with Crippen LogP contribution >= 0.6 is 0 Å². The number of benzene rings is 2. The zero-order valence-corrected chi connectivity index (χ0v) is 23.2. The third kappa shape index (κ3) is 12.8. The molecule has 0 spiro atoms. The van der Waals surface area contributed by atoms with E-state index in [1.165, 1.54) is 24.9 Å². The van der Waals surface area contributed by atoms with Crippen molar-refractivity contribution < 1.29 is 32.9 Å². The van der Waals surface area contributed by atoms with Crippen molar-refractivity contribution in [1.82, 2.24) is 0 Å². The zero-order valence-electron chi connectivity index (χ0n) is 23.2. The van der Waals surface area contributed by atoms with Gasteiger partial charge >= 0.3 is 0 Å². The molecule has 2 aromatic carbocycles. The minimum Gasteiger partial charge on any atom is -0.487 e. The molecule has 9 nitrogen and oxygen atoms in total. The van der Waals surface area contributed by atoms with E-state index in [2.05, 4.69) is 43.5 Å². The summed E-state index contributed by atoms with van der Waals surface area (Å²) < 4.78 is 35.0. The van der Waals surface area contributed by atoms with E-state index < -0.39 is 0 Å². The van der Waals surface area contributed by atoms with Crippen molar-refractivity contribution in [1.29, 1.82) is 0 Å². The smallest absolute Gasteiger partial charge is 0.163 e. The molecule has 3 rings (SSSR count). The SMILES string of the molecule is C[N+](C)(C)CCCCc1ccc(N=Nc2ccc3c(c2)OCCOCCOCCOCCOCCO3)cc1. The Bertz CT molecular complexity index is 946. The highest BCUT2D eigenvalue weighted by Gasteiger charge is 2.09. The number of aryl methyl sites for hydroxylation is 1. The summed E-state index contributed by atoms with van der Waals surface area (Å²) >= 11 is 0. The molecular weight excluding hydrogens is 486 g/mol. The second-order valence-corrected chi connectivity index (χ2v) is 10.1. The Hall–Kier alpha value is -2.56. The molecule has 38 heavy (non-hydrogen) atoms. The van der Waals surface area contributed by atoms with Gasteiger partial charge in [0.15, 0.2) is 11.5 Å². The second-order valence-electron chi connectivity index (χ2n) is 10.1. The molecule has 0 atom stereocenters. The van der Waals surface area contributed by atoms with Crippen LogP contribution in [0.25, 0.3) is 0 Å². The van der Waals surface area contributed by atoms with Crippen molar-refractivity contribution in [3.8, 4) is 11.5 Å². The van der Waals surface area contributed by atoms with Gasteiger partial charge in [-0.15, -0.1) is 0 Å². The molecule has 0 bridgehead atoms. The van der Waals surface area contributed by atoms with Crippen molar-refractivity contribution in [3.05, 3.63) is 48.0 Å². The molecule has 0 amide bonds. The van der Waals surface area contributed by atoms with E-state index in [0.29, 0.717) is 83.3 Å². The van der Waals surface area contributed by atoms with E-state index in [-0.39, 0.29) is 0 Å². The summed E-state index contributed by atoms with van der Waals surface area (Å²) in [5.74, 6) is 1.22. The van der Waals surface area contributed by atoms with Crippen molar-refractivity contribution >= 4 is 11.4 Å². The minimum absolute atomic E-state index is 0.382. The highest BCUT2D eigenvalue weighted by Crippen LogP contribution is 2.32. The lowest BCUT2D eigenvalue weighted by molar-refractivity contribution is -0.870. The third-order valence-electron chi connectivity index (χ3n) is 5.78. The number of nitrogens with zero attached hydrogens (tertiary/aromatic N) is 3. The summed E-state index contributed by atoms with van der Waals surface area (Å²) in [4.78, 5) is 0. The van der Waals surface area contributed by atoms with E-state index in [1.54, 1.807) is 0 Å². The summed E-state index contributed by atoms with van der Waals surface area (Å²) in [6.07, 6.45) is 3.49. The van der Waals surface area contributed by atoms with Crippen LogP contribution in [0.5, 0.6) is 11.5 Å². The molecule has 210 valence electrons. The highest BCUT2D eigenvalue weighted by atomic mass is 16.6. The Morgan fingerprint density at radius 1 is 0.579 bits per heavy atom. The molecule has 2 aromatic rings. The maximum absolute atomic E-state index is 5.95. The van der Waals surface area contributed by atoms with Crippen molar-refractivity contribution in [3.63, 3.8) is 0 Å². The summed E-state index contributed by atoms with van der Waals surface area (Å²) in [5, 5.41) is 8.83. The molecule has 0 radical (unpaired) electrons. The maximum atomic E-state index is 5.95. The average molecular weight is 531 g/mol. The van der Waals surface area contributed by atoms with Crippen LogP contribution in [-0.4, -0.2) is 98.2 Å². The highest BCUT2D eigenvalue weighted by molar-refractivity contribution is 5.52. The van der Waals surface area contributed by atoms with Crippen LogP contribution in [0, 0.1) is 0 Å². The number of rotatable bonds is 7. The summed E-state index contributed by atoms with van der Waals surface area (Å²) in [6.45, 7) is 5.98. The van der Waals surface area contributed by atoms with Gasteiger partial charge in [-0.1, -0.05) is 12.1 Å². The molecule has 0 aromatic heterocycles. The van der Waals surface area contributed by atoms with Crippen molar-refractivity contribution in [2.75, 3.05) is 93.8 Å². The molecule has 0 saturated heterocycles. The Balaban J connectivity index is 1.55. The summed E-state index contributed by atoms with van der Waals surface area (Å²) in [6, 6.07) is 13.8. The van der Waals surface area contributed by atoms with E-state index in [1.807, 2.05) is 30.3 Å². The van der Waals surface area contributed by atoms with E-state index >= 15 is 0 Å². The van der Waals surface area contributed by atoms with Gasteiger partial charge in [0, 0.05) is 6.07 Å². The quantitative estimate of drug-likeness (QED) is 0.286. The predicted octanol–water partition coefficient (Wildman–Crippen LogP) is 4.97. The zero-order chi connectivity index (χ0) is 26.9. The fourth-order valence-corrected chi connectivity index (χ4v) is 3.73. The van der Waals surface area contributed by atoms with Crippen LogP contribution in [0.1, 0.15) is 18.4 Å².